The second-order valence-corrected chi connectivity index (χ2v) is 2.50. The lowest BCUT2D eigenvalue weighted by Crippen LogP contribution is -1.96. The number of benzene rings is 1. The number of phenolic OH excluding ortho intramolecular Hbond substituents is 1. The molecule has 0 fully saturated rings. The summed E-state index contributed by atoms with van der Waals surface area (Å²) >= 11 is 0. The summed E-state index contributed by atoms with van der Waals surface area (Å²) in [7, 11) is 0. The predicted octanol–water partition coefficient (Wildman–Crippen LogP) is 2.38. The van der Waals surface area contributed by atoms with Crippen molar-refractivity contribution in [3.8, 4) is 5.75 Å². The Kier molecular flexibility index (Phi) is 3.20. The summed E-state index contributed by atoms with van der Waals surface area (Å²) in [4.78, 5) is 0. The number of aromatic hydroxyl groups is 1. The van der Waals surface area contributed by atoms with Crippen molar-refractivity contribution in [1.29, 1.82) is 0 Å². The number of phenols is 1. The third kappa shape index (κ3) is 2.66. The minimum Gasteiger partial charge on any atom is -0.508 e. The molecule has 0 aliphatic carbocycles. The number of nitrogens with one attached hydrogen (secondary N) is 1. The van der Waals surface area contributed by atoms with E-state index in [1.807, 2.05) is 31.2 Å². The van der Waals surface area contributed by atoms with E-state index in [1.54, 1.807) is 12.1 Å². The van der Waals surface area contributed by atoms with Crippen molar-refractivity contribution in [2.24, 2.45) is 0 Å². The van der Waals surface area contributed by atoms with E-state index in [-0.39, 0.29) is 0 Å². The van der Waals surface area contributed by atoms with E-state index in [4.69, 9.17) is 5.11 Å². The number of anilines is 1. The van der Waals surface area contributed by atoms with Crippen LogP contribution < -0.4 is 5.32 Å². The van der Waals surface area contributed by atoms with Crippen LogP contribution in [-0.2, 0) is 0 Å². The summed E-state index contributed by atoms with van der Waals surface area (Å²) in [6.45, 7) is 2.81. The van der Waals surface area contributed by atoms with Crippen LogP contribution in [0.3, 0.4) is 0 Å². The van der Waals surface area contributed by atoms with Crippen LogP contribution in [0.15, 0.2) is 36.4 Å². The molecule has 1 aromatic rings. The second-order valence-electron chi connectivity index (χ2n) is 2.50. The van der Waals surface area contributed by atoms with E-state index in [2.05, 4.69) is 5.32 Å². The van der Waals surface area contributed by atoms with Gasteiger partial charge in [0.2, 0.25) is 0 Å². The van der Waals surface area contributed by atoms with Crippen molar-refractivity contribution < 1.29 is 5.11 Å². The first-order chi connectivity index (χ1) is 5.83. The first-order valence-electron chi connectivity index (χ1n) is 3.97. The molecule has 0 radical (unpaired) electrons. The predicted molar refractivity (Wildman–Crippen MR) is 51.4 cm³/mol. The first kappa shape index (κ1) is 8.65. The summed E-state index contributed by atoms with van der Waals surface area (Å²) in [6.07, 6.45) is 4.03. The Morgan fingerprint density at radius 3 is 2.58 bits per heavy atom. The Labute approximate surface area is 72.5 Å². The molecule has 0 bridgehead atoms. The standard InChI is InChI=1S/C10H13NO/c1-2-3-8-11-9-4-6-10(12)7-5-9/h2-7,11-12H,8H2,1H3. The molecule has 2 N–H and O–H groups in total. The largest absolute Gasteiger partial charge is 0.508 e. The lowest BCUT2D eigenvalue weighted by molar-refractivity contribution is 0.475. The molecule has 2 heteroatoms. The molecule has 0 spiro atoms. The molecule has 0 unspecified atom stereocenters. The van der Waals surface area contributed by atoms with Gasteiger partial charge >= 0.3 is 0 Å². The Balaban J connectivity index is 2.47. The Bertz CT molecular complexity index is 251. The highest BCUT2D eigenvalue weighted by Crippen LogP contribution is 2.12. The van der Waals surface area contributed by atoms with Crippen LogP contribution in [0.4, 0.5) is 5.69 Å². The quantitative estimate of drug-likeness (QED) is 0.529. The summed E-state index contributed by atoms with van der Waals surface area (Å²) in [5, 5.41) is 12.2. The van der Waals surface area contributed by atoms with Gasteiger partial charge < -0.3 is 10.4 Å². The van der Waals surface area contributed by atoms with Crippen LogP contribution in [-0.4, -0.2) is 11.7 Å². The fraction of sp³-hybridized carbons (Fsp3) is 0.200. The summed E-state index contributed by atoms with van der Waals surface area (Å²) < 4.78 is 0. The molecule has 0 amide bonds. The summed E-state index contributed by atoms with van der Waals surface area (Å²) in [5.74, 6) is 0.298. The van der Waals surface area contributed by atoms with Gasteiger partial charge in [0.15, 0.2) is 0 Å². The number of rotatable bonds is 3. The lowest BCUT2D eigenvalue weighted by Gasteiger charge is -2.01. The van der Waals surface area contributed by atoms with Crippen molar-refractivity contribution in [3.05, 3.63) is 36.4 Å². The first-order valence-corrected chi connectivity index (χ1v) is 3.97. The Morgan fingerprint density at radius 1 is 1.33 bits per heavy atom. The summed E-state index contributed by atoms with van der Waals surface area (Å²) in [5.41, 5.74) is 1.02. The van der Waals surface area contributed by atoms with Gasteiger partial charge in [0, 0.05) is 12.2 Å². The monoisotopic (exact) mass is 163 g/mol. The fourth-order valence-corrected chi connectivity index (χ4v) is 0.874. The molecular weight excluding hydrogens is 150 g/mol. The summed E-state index contributed by atoms with van der Waals surface area (Å²) in [6, 6.07) is 7.02. The molecule has 12 heavy (non-hydrogen) atoms. The highest BCUT2D eigenvalue weighted by Gasteiger charge is 1.88. The van der Waals surface area contributed by atoms with Gasteiger partial charge in [-0.1, -0.05) is 12.2 Å². The molecule has 0 saturated carbocycles. The highest BCUT2D eigenvalue weighted by molar-refractivity contribution is 5.46. The topological polar surface area (TPSA) is 32.3 Å². The molecule has 0 aromatic heterocycles. The van der Waals surface area contributed by atoms with E-state index in [0.29, 0.717) is 5.75 Å². The molecule has 0 atom stereocenters. The average molecular weight is 163 g/mol. The molecule has 2 nitrogen and oxygen atoms in total. The number of hydrogen-bond donors (Lipinski definition) is 2. The van der Waals surface area contributed by atoms with Crippen molar-refractivity contribution in [2.75, 3.05) is 11.9 Å². The van der Waals surface area contributed by atoms with Crippen LogP contribution in [0.25, 0.3) is 0 Å². The molecule has 1 aromatic carbocycles. The molecule has 0 aliphatic heterocycles. The third-order valence-corrected chi connectivity index (χ3v) is 1.53. The van der Waals surface area contributed by atoms with Crippen LogP contribution in [0.1, 0.15) is 6.92 Å². The zero-order valence-electron chi connectivity index (χ0n) is 7.12. The second kappa shape index (κ2) is 4.44. The maximum atomic E-state index is 8.99. The average Bonchev–Trinajstić information content (AvgIpc) is 2.09. The van der Waals surface area contributed by atoms with Crippen LogP contribution in [0.5, 0.6) is 5.75 Å². The van der Waals surface area contributed by atoms with Crippen LogP contribution in [0.2, 0.25) is 0 Å². The Hall–Kier alpha value is -1.44. The van der Waals surface area contributed by atoms with E-state index < -0.39 is 0 Å². The van der Waals surface area contributed by atoms with Gasteiger partial charge in [-0.2, -0.15) is 0 Å². The van der Waals surface area contributed by atoms with Gasteiger partial charge in [0.1, 0.15) is 5.75 Å². The minimum atomic E-state index is 0.298. The van der Waals surface area contributed by atoms with Crippen molar-refractivity contribution in [2.45, 2.75) is 6.92 Å². The molecular formula is C10H13NO. The SMILES string of the molecule is CC=CCNc1ccc(O)cc1. The van der Waals surface area contributed by atoms with E-state index in [1.165, 1.54) is 0 Å². The number of allylic oxidation sites excluding steroid dienone is 1. The maximum Gasteiger partial charge on any atom is 0.115 e. The zero-order valence-corrected chi connectivity index (χ0v) is 7.12. The molecule has 0 saturated heterocycles. The lowest BCUT2D eigenvalue weighted by atomic mass is 10.3. The van der Waals surface area contributed by atoms with Gasteiger partial charge in [0.05, 0.1) is 0 Å². The van der Waals surface area contributed by atoms with Crippen LogP contribution in [0, 0.1) is 0 Å². The maximum absolute atomic E-state index is 8.99. The van der Waals surface area contributed by atoms with Crippen molar-refractivity contribution in [1.82, 2.24) is 0 Å². The van der Waals surface area contributed by atoms with Gasteiger partial charge in [-0.3, -0.25) is 0 Å². The van der Waals surface area contributed by atoms with E-state index in [9.17, 15) is 0 Å². The van der Waals surface area contributed by atoms with Crippen molar-refractivity contribution in [3.63, 3.8) is 0 Å². The smallest absolute Gasteiger partial charge is 0.115 e. The normalized spacial score (nSPS) is 10.4. The van der Waals surface area contributed by atoms with Crippen LogP contribution >= 0.6 is 0 Å². The third-order valence-electron chi connectivity index (χ3n) is 1.53. The van der Waals surface area contributed by atoms with Crippen molar-refractivity contribution >= 4 is 5.69 Å². The highest BCUT2D eigenvalue weighted by atomic mass is 16.3. The van der Waals surface area contributed by atoms with Gasteiger partial charge in [-0.05, 0) is 31.2 Å². The fourth-order valence-electron chi connectivity index (χ4n) is 0.874. The Morgan fingerprint density at radius 2 is 2.00 bits per heavy atom. The van der Waals surface area contributed by atoms with E-state index >= 15 is 0 Å². The van der Waals surface area contributed by atoms with Gasteiger partial charge in [0.25, 0.3) is 0 Å². The van der Waals surface area contributed by atoms with Gasteiger partial charge in [-0.15, -0.1) is 0 Å². The number of hydrogen-bond acceptors (Lipinski definition) is 2. The van der Waals surface area contributed by atoms with E-state index in [0.717, 1.165) is 12.2 Å². The molecule has 1 rings (SSSR count). The zero-order chi connectivity index (χ0) is 8.81. The molecule has 64 valence electrons. The minimum absolute atomic E-state index is 0.298. The van der Waals surface area contributed by atoms with Gasteiger partial charge in [-0.25, -0.2) is 0 Å². The molecule has 0 heterocycles. The molecule has 0 aliphatic rings.